The SMILES string of the molecule is COC(=O)[C@H](C)NC(=O)N1CCc2[nH]cnc2[C@H]1c1cc(OC)cc(OC)c1. The molecule has 2 atom stereocenters. The first-order valence-corrected chi connectivity index (χ1v) is 8.88. The number of benzene rings is 1. The maximum Gasteiger partial charge on any atom is 0.328 e. The lowest BCUT2D eigenvalue weighted by Crippen LogP contribution is -2.50. The predicted octanol–water partition coefficient (Wildman–Crippen LogP) is 1.65. The van der Waals surface area contributed by atoms with Gasteiger partial charge in [0, 0.05) is 24.7 Å². The third-order valence-electron chi connectivity index (χ3n) is 4.77. The number of carbonyl (C=O) groups is 2. The molecule has 28 heavy (non-hydrogen) atoms. The molecule has 2 heterocycles. The average molecular weight is 388 g/mol. The van der Waals surface area contributed by atoms with Crippen molar-refractivity contribution in [2.75, 3.05) is 27.9 Å². The Balaban J connectivity index is 1.99. The van der Waals surface area contributed by atoms with Gasteiger partial charge in [0.25, 0.3) is 0 Å². The molecule has 1 aliphatic heterocycles. The number of nitrogens with one attached hydrogen (secondary N) is 2. The van der Waals surface area contributed by atoms with Crippen LogP contribution in [-0.2, 0) is 16.0 Å². The van der Waals surface area contributed by atoms with E-state index in [0.717, 1.165) is 17.0 Å². The third-order valence-corrected chi connectivity index (χ3v) is 4.77. The zero-order chi connectivity index (χ0) is 20.3. The van der Waals surface area contributed by atoms with E-state index in [0.29, 0.717) is 24.5 Å². The van der Waals surface area contributed by atoms with Gasteiger partial charge in [-0.2, -0.15) is 0 Å². The lowest BCUT2D eigenvalue weighted by Gasteiger charge is -2.36. The van der Waals surface area contributed by atoms with E-state index in [2.05, 4.69) is 15.3 Å². The highest BCUT2D eigenvalue weighted by molar-refractivity contribution is 5.83. The Morgan fingerprint density at radius 3 is 2.50 bits per heavy atom. The summed E-state index contributed by atoms with van der Waals surface area (Å²) in [5, 5.41) is 2.69. The van der Waals surface area contributed by atoms with Gasteiger partial charge >= 0.3 is 12.0 Å². The number of H-pyrrole nitrogens is 1. The number of fused-ring (bicyclic) bond motifs is 1. The van der Waals surface area contributed by atoms with Crippen molar-refractivity contribution in [2.24, 2.45) is 0 Å². The molecule has 9 heteroatoms. The number of methoxy groups -OCH3 is 3. The van der Waals surface area contributed by atoms with Crippen molar-refractivity contribution in [3.63, 3.8) is 0 Å². The molecule has 1 aliphatic rings. The Morgan fingerprint density at radius 1 is 1.21 bits per heavy atom. The zero-order valence-corrected chi connectivity index (χ0v) is 16.3. The van der Waals surface area contributed by atoms with Gasteiger partial charge in [0.2, 0.25) is 0 Å². The second kappa shape index (κ2) is 8.20. The van der Waals surface area contributed by atoms with Crippen LogP contribution in [0.2, 0.25) is 0 Å². The highest BCUT2D eigenvalue weighted by Crippen LogP contribution is 2.36. The van der Waals surface area contributed by atoms with Gasteiger partial charge in [-0.15, -0.1) is 0 Å². The van der Waals surface area contributed by atoms with Gasteiger partial charge in [0.05, 0.1) is 33.4 Å². The highest BCUT2D eigenvalue weighted by atomic mass is 16.5. The summed E-state index contributed by atoms with van der Waals surface area (Å²) < 4.78 is 15.4. The minimum atomic E-state index is -0.765. The fraction of sp³-hybridized carbons (Fsp3) is 0.421. The summed E-state index contributed by atoms with van der Waals surface area (Å²) in [5.41, 5.74) is 2.52. The second-order valence-corrected chi connectivity index (χ2v) is 6.45. The summed E-state index contributed by atoms with van der Waals surface area (Å²) in [7, 11) is 4.43. The van der Waals surface area contributed by atoms with Gasteiger partial charge < -0.3 is 29.4 Å². The molecular weight excluding hydrogens is 364 g/mol. The summed E-state index contributed by atoms with van der Waals surface area (Å²) in [6.45, 7) is 2.04. The second-order valence-electron chi connectivity index (χ2n) is 6.45. The number of aromatic amines is 1. The molecule has 0 saturated heterocycles. The average Bonchev–Trinajstić information content (AvgIpc) is 3.20. The number of carbonyl (C=O) groups excluding carboxylic acids is 2. The van der Waals surface area contributed by atoms with Crippen LogP contribution in [0, 0.1) is 0 Å². The fourth-order valence-electron chi connectivity index (χ4n) is 3.32. The molecule has 0 unspecified atom stereocenters. The Bertz CT molecular complexity index is 844. The molecule has 0 radical (unpaired) electrons. The van der Waals surface area contributed by atoms with Gasteiger partial charge in [0.1, 0.15) is 23.6 Å². The first-order valence-electron chi connectivity index (χ1n) is 8.88. The maximum absolute atomic E-state index is 13.0. The van der Waals surface area contributed by atoms with Gasteiger partial charge in [-0.1, -0.05) is 0 Å². The molecule has 9 nitrogen and oxygen atoms in total. The van der Waals surface area contributed by atoms with Crippen LogP contribution in [0.1, 0.15) is 29.9 Å². The van der Waals surface area contributed by atoms with Gasteiger partial charge in [-0.3, -0.25) is 0 Å². The number of ether oxygens (including phenoxy) is 3. The Labute approximate surface area is 163 Å². The molecule has 0 bridgehead atoms. The Morgan fingerprint density at radius 2 is 1.89 bits per heavy atom. The number of aromatic nitrogens is 2. The van der Waals surface area contributed by atoms with E-state index in [4.69, 9.17) is 14.2 Å². The Kier molecular flexibility index (Phi) is 5.72. The molecule has 1 aromatic carbocycles. The maximum atomic E-state index is 13.0. The van der Waals surface area contributed by atoms with E-state index in [1.54, 1.807) is 38.4 Å². The van der Waals surface area contributed by atoms with Crippen LogP contribution in [0.15, 0.2) is 24.5 Å². The third kappa shape index (κ3) is 3.73. The van der Waals surface area contributed by atoms with E-state index in [-0.39, 0.29) is 6.03 Å². The molecule has 0 saturated carbocycles. The van der Waals surface area contributed by atoms with E-state index in [1.165, 1.54) is 7.11 Å². The fourth-order valence-corrected chi connectivity index (χ4v) is 3.32. The summed E-state index contributed by atoms with van der Waals surface area (Å²) in [5.74, 6) is 0.714. The first kappa shape index (κ1) is 19.5. The molecule has 3 rings (SSSR count). The lowest BCUT2D eigenvalue weighted by molar-refractivity contribution is -0.142. The normalized spacial score (nSPS) is 16.7. The van der Waals surface area contributed by atoms with Crippen molar-refractivity contribution in [3.05, 3.63) is 41.5 Å². The molecule has 2 amide bonds. The van der Waals surface area contributed by atoms with Crippen molar-refractivity contribution in [1.82, 2.24) is 20.2 Å². The zero-order valence-electron chi connectivity index (χ0n) is 16.3. The Hall–Kier alpha value is -3.23. The van der Waals surface area contributed by atoms with Crippen LogP contribution in [0.4, 0.5) is 4.79 Å². The molecular formula is C19H24N4O5. The summed E-state index contributed by atoms with van der Waals surface area (Å²) in [6, 6.07) is 3.87. The lowest BCUT2D eigenvalue weighted by atomic mass is 9.95. The van der Waals surface area contributed by atoms with Crippen LogP contribution in [0.25, 0.3) is 0 Å². The van der Waals surface area contributed by atoms with Gasteiger partial charge in [-0.25, -0.2) is 14.6 Å². The van der Waals surface area contributed by atoms with E-state index in [1.807, 2.05) is 12.1 Å². The first-order chi connectivity index (χ1) is 13.5. The standard InChI is InChI=1S/C19H24N4O5/c1-11(18(24)28-4)22-19(25)23-6-5-15-16(21-10-20-15)17(23)12-7-13(26-2)9-14(8-12)27-3/h7-11,17H,5-6H2,1-4H3,(H,20,21)(H,22,25)/t11-,17+/m0/s1. The van der Waals surface area contributed by atoms with Crippen LogP contribution < -0.4 is 14.8 Å². The van der Waals surface area contributed by atoms with Crippen molar-refractivity contribution in [3.8, 4) is 11.5 Å². The number of esters is 1. The summed E-state index contributed by atoms with van der Waals surface area (Å²) in [6.07, 6.45) is 2.25. The highest BCUT2D eigenvalue weighted by Gasteiger charge is 2.35. The predicted molar refractivity (Wildman–Crippen MR) is 100 cm³/mol. The molecule has 0 aliphatic carbocycles. The minimum Gasteiger partial charge on any atom is -0.497 e. The largest absolute Gasteiger partial charge is 0.497 e. The number of nitrogens with zero attached hydrogens (tertiary/aromatic N) is 2. The van der Waals surface area contributed by atoms with Crippen LogP contribution in [-0.4, -0.2) is 60.8 Å². The summed E-state index contributed by atoms with van der Waals surface area (Å²) in [4.78, 5) is 33.9. The topological polar surface area (TPSA) is 106 Å². The smallest absolute Gasteiger partial charge is 0.328 e. The number of amides is 2. The molecule has 0 fully saturated rings. The van der Waals surface area contributed by atoms with Crippen molar-refractivity contribution in [1.29, 1.82) is 0 Å². The molecule has 0 spiro atoms. The molecule has 2 aromatic rings. The molecule has 1 aromatic heterocycles. The van der Waals surface area contributed by atoms with Crippen LogP contribution in [0.5, 0.6) is 11.5 Å². The van der Waals surface area contributed by atoms with Crippen molar-refractivity contribution in [2.45, 2.75) is 25.4 Å². The molecule has 2 N–H and O–H groups in total. The van der Waals surface area contributed by atoms with Crippen LogP contribution in [0.3, 0.4) is 0 Å². The van der Waals surface area contributed by atoms with Gasteiger partial charge in [-0.05, 0) is 24.6 Å². The summed E-state index contributed by atoms with van der Waals surface area (Å²) >= 11 is 0. The van der Waals surface area contributed by atoms with E-state index in [9.17, 15) is 9.59 Å². The van der Waals surface area contributed by atoms with Gasteiger partial charge in [0.15, 0.2) is 0 Å². The quantitative estimate of drug-likeness (QED) is 0.755. The molecule has 150 valence electrons. The van der Waals surface area contributed by atoms with Crippen molar-refractivity contribution < 1.29 is 23.8 Å². The van der Waals surface area contributed by atoms with E-state index < -0.39 is 18.1 Å². The number of rotatable bonds is 5. The van der Waals surface area contributed by atoms with E-state index >= 15 is 0 Å². The van der Waals surface area contributed by atoms with Crippen LogP contribution >= 0.6 is 0 Å². The number of hydrogen-bond acceptors (Lipinski definition) is 6. The number of urea groups is 1. The monoisotopic (exact) mass is 388 g/mol. The minimum absolute atomic E-state index is 0.377. The van der Waals surface area contributed by atoms with Crippen molar-refractivity contribution >= 4 is 12.0 Å². The number of hydrogen-bond donors (Lipinski definition) is 2. The number of imidazole rings is 1.